The van der Waals surface area contributed by atoms with Gasteiger partial charge in [0.05, 0.1) is 17.5 Å². The summed E-state index contributed by atoms with van der Waals surface area (Å²) < 4.78 is 27.6. The smallest absolute Gasteiger partial charge is 0.306 e. The molecule has 11 heteroatoms. The number of primary amides is 1. The van der Waals surface area contributed by atoms with Crippen LogP contribution in [-0.4, -0.2) is 36.6 Å². The van der Waals surface area contributed by atoms with Crippen molar-refractivity contribution in [1.82, 2.24) is 9.97 Å². The van der Waals surface area contributed by atoms with E-state index in [2.05, 4.69) is 20.6 Å². The topological polar surface area (TPSA) is 162 Å². The van der Waals surface area contributed by atoms with E-state index in [1.54, 1.807) is 6.07 Å². The zero-order valence-corrected chi connectivity index (χ0v) is 16.9. The molecule has 0 bridgehead atoms. The lowest BCUT2D eigenvalue weighted by Gasteiger charge is -2.20. The van der Waals surface area contributed by atoms with Crippen LogP contribution in [0.3, 0.4) is 0 Å². The first-order chi connectivity index (χ1) is 13.0. The molecule has 0 aliphatic rings. The molecule has 0 saturated carbocycles. The van der Waals surface area contributed by atoms with E-state index in [0.717, 1.165) is 6.26 Å². The van der Waals surface area contributed by atoms with Gasteiger partial charge >= 0.3 is 10.1 Å². The first kappa shape index (κ1) is 21.2. The second-order valence-corrected chi connectivity index (χ2v) is 8.24. The fourth-order valence-corrected chi connectivity index (χ4v) is 2.56. The predicted molar refractivity (Wildman–Crippen MR) is 108 cm³/mol. The summed E-state index contributed by atoms with van der Waals surface area (Å²) in [4.78, 5) is 20.0. The zero-order valence-electron chi connectivity index (χ0n) is 16.1. The second-order valence-electron chi connectivity index (χ2n) is 6.66. The summed E-state index contributed by atoms with van der Waals surface area (Å²) in [5.74, 6) is 0.0991. The molecule has 0 saturated heterocycles. The van der Waals surface area contributed by atoms with Gasteiger partial charge in [-0.1, -0.05) is 13.8 Å². The van der Waals surface area contributed by atoms with Gasteiger partial charge in [-0.05, 0) is 25.0 Å². The van der Waals surface area contributed by atoms with E-state index in [1.165, 1.54) is 18.3 Å². The molecule has 0 fully saturated rings. The fourth-order valence-electron chi connectivity index (χ4n) is 2.09. The number of carbonyl (C=O) groups excluding carboxylic acids is 1. The predicted octanol–water partition coefficient (Wildman–Crippen LogP) is 1.70. The molecule has 152 valence electrons. The number of nitrogens with two attached hydrogens (primary N) is 2. The highest BCUT2D eigenvalue weighted by Crippen LogP contribution is 2.28. The zero-order chi connectivity index (χ0) is 21.1. The van der Waals surface area contributed by atoms with Gasteiger partial charge in [-0.25, -0.2) is 4.98 Å². The lowest BCUT2D eigenvalue weighted by Crippen LogP contribution is -2.25. The van der Waals surface area contributed by atoms with Crippen molar-refractivity contribution in [3.8, 4) is 5.75 Å². The van der Waals surface area contributed by atoms with Crippen LogP contribution in [0.4, 0.5) is 23.1 Å². The van der Waals surface area contributed by atoms with E-state index in [1.807, 2.05) is 20.8 Å². The molecule has 1 unspecified atom stereocenters. The minimum atomic E-state index is -3.73. The Balaban J connectivity index is 2.33. The average molecular weight is 408 g/mol. The van der Waals surface area contributed by atoms with Gasteiger partial charge in [-0.15, -0.1) is 0 Å². The molecular weight excluding hydrogens is 384 g/mol. The molecule has 0 spiro atoms. The highest BCUT2D eigenvalue weighted by Gasteiger charge is 2.16. The maximum Gasteiger partial charge on any atom is 0.306 e. The summed E-state index contributed by atoms with van der Waals surface area (Å²) >= 11 is 0. The number of hydrogen-bond donors (Lipinski definition) is 4. The van der Waals surface area contributed by atoms with E-state index in [0.29, 0.717) is 17.4 Å². The number of nitrogens with one attached hydrogen (secondary N) is 2. The Bertz CT molecular complexity index is 978. The highest BCUT2D eigenvalue weighted by molar-refractivity contribution is 7.86. The summed E-state index contributed by atoms with van der Waals surface area (Å²) in [6, 6.07) is 4.54. The third-order valence-corrected chi connectivity index (χ3v) is 4.41. The van der Waals surface area contributed by atoms with Crippen LogP contribution in [-0.2, 0) is 10.1 Å². The Morgan fingerprint density at radius 3 is 2.50 bits per heavy atom. The van der Waals surface area contributed by atoms with E-state index in [9.17, 15) is 13.2 Å². The van der Waals surface area contributed by atoms with E-state index in [-0.39, 0.29) is 29.0 Å². The third-order valence-electron chi connectivity index (χ3n) is 3.93. The Morgan fingerprint density at radius 1 is 1.25 bits per heavy atom. The van der Waals surface area contributed by atoms with E-state index >= 15 is 0 Å². The molecule has 2 rings (SSSR count). The quantitative estimate of drug-likeness (QED) is 0.376. The molecule has 1 aromatic heterocycles. The summed E-state index contributed by atoms with van der Waals surface area (Å²) in [6.07, 6.45) is 2.24. The molecular formula is C17H24N6O4S. The van der Waals surface area contributed by atoms with Crippen LogP contribution >= 0.6 is 0 Å². The molecule has 1 atom stereocenters. The standard InChI is InChI=1S/C17H24N6O4S/c1-9(2)10(3)21-16-12(15(19)24)8-20-17(23-16)22-11-5-6-13(18)14(7-11)27-28(4,25)26/h5-10H,18H2,1-4H3,(H2,19,24)(H2,20,21,22,23). The minimum absolute atomic E-state index is 0.0203. The number of nitrogen functional groups attached to an aromatic ring is 1. The number of carbonyl (C=O) groups is 1. The van der Waals surface area contributed by atoms with Crippen LogP contribution in [0.5, 0.6) is 5.75 Å². The molecule has 10 nitrogen and oxygen atoms in total. The molecule has 28 heavy (non-hydrogen) atoms. The van der Waals surface area contributed by atoms with E-state index < -0.39 is 16.0 Å². The Labute approximate surface area is 163 Å². The number of nitrogens with zero attached hydrogens (tertiary/aromatic N) is 2. The molecule has 0 radical (unpaired) electrons. The number of hydrogen-bond acceptors (Lipinski definition) is 9. The van der Waals surface area contributed by atoms with Gasteiger partial charge in [-0.2, -0.15) is 13.4 Å². The van der Waals surface area contributed by atoms with E-state index in [4.69, 9.17) is 15.7 Å². The molecule has 1 heterocycles. The van der Waals surface area contributed by atoms with Crippen molar-refractivity contribution < 1.29 is 17.4 Å². The lowest BCUT2D eigenvalue weighted by atomic mass is 10.1. The first-order valence-electron chi connectivity index (χ1n) is 8.45. The van der Waals surface area contributed by atoms with Crippen molar-refractivity contribution in [2.24, 2.45) is 11.7 Å². The maximum atomic E-state index is 11.7. The number of amides is 1. The summed E-state index contributed by atoms with van der Waals surface area (Å²) in [6.45, 7) is 6.01. The normalized spacial score (nSPS) is 12.5. The Hall–Kier alpha value is -3.08. The minimum Gasteiger partial charge on any atom is -0.396 e. The SMILES string of the molecule is CC(C)C(C)Nc1nc(Nc2ccc(N)c(OS(C)(=O)=O)c2)ncc1C(N)=O. The van der Waals surface area contributed by atoms with Gasteiger partial charge < -0.3 is 26.3 Å². The van der Waals surface area contributed by atoms with Gasteiger partial charge in [0, 0.05) is 24.0 Å². The summed E-state index contributed by atoms with van der Waals surface area (Å²) in [5, 5.41) is 6.07. The van der Waals surface area contributed by atoms with Gasteiger partial charge in [-0.3, -0.25) is 4.79 Å². The molecule has 2 aromatic rings. The molecule has 0 aliphatic carbocycles. The maximum absolute atomic E-state index is 11.7. The Morgan fingerprint density at radius 2 is 1.93 bits per heavy atom. The number of aromatic nitrogens is 2. The first-order valence-corrected chi connectivity index (χ1v) is 10.3. The van der Waals surface area contributed by atoms with Crippen LogP contribution in [0, 0.1) is 5.92 Å². The van der Waals surface area contributed by atoms with Crippen molar-refractivity contribution in [2.75, 3.05) is 22.6 Å². The second kappa shape index (κ2) is 8.30. The average Bonchev–Trinajstić information content (AvgIpc) is 2.56. The molecule has 6 N–H and O–H groups in total. The lowest BCUT2D eigenvalue weighted by molar-refractivity contribution is 0.100. The van der Waals surface area contributed by atoms with Crippen LogP contribution in [0.1, 0.15) is 31.1 Å². The molecule has 1 aromatic carbocycles. The largest absolute Gasteiger partial charge is 0.396 e. The monoisotopic (exact) mass is 408 g/mol. The number of rotatable bonds is 8. The highest BCUT2D eigenvalue weighted by atomic mass is 32.2. The Kier molecular flexibility index (Phi) is 6.29. The molecule has 1 amide bonds. The van der Waals surface area contributed by atoms with Gasteiger partial charge in [0.2, 0.25) is 5.95 Å². The van der Waals surface area contributed by atoms with Crippen LogP contribution < -0.4 is 26.3 Å². The van der Waals surface area contributed by atoms with Gasteiger partial charge in [0.1, 0.15) is 5.82 Å². The summed E-state index contributed by atoms with van der Waals surface area (Å²) in [5.41, 5.74) is 11.9. The van der Waals surface area contributed by atoms with Crippen molar-refractivity contribution in [3.05, 3.63) is 30.0 Å². The number of anilines is 4. The van der Waals surface area contributed by atoms with Crippen molar-refractivity contribution in [2.45, 2.75) is 26.8 Å². The van der Waals surface area contributed by atoms with Crippen LogP contribution in [0.2, 0.25) is 0 Å². The fraction of sp³-hybridized carbons (Fsp3) is 0.353. The van der Waals surface area contributed by atoms with Gasteiger partial charge in [0.15, 0.2) is 5.75 Å². The van der Waals surface area contributed by atoms with Crippen molar-refractivity contribution in [1.29, 1.82) is 0 Å². The molecule has 0 aliphatic heterocycles. The van der Waals surface area contributed by atoms with Crippen molar-refractivity contribution >= 4 is 39.2 Å². The summed E-state index contributed by atoms with van der Waals surface area (Å²) in [7, 11) is -3.73. The number of benzene rings is 1. The third kappa shape index (κ3) is 5.71. The van der Waals surface area contributed by atoms with Crippen LogP contribution in [0.25, 0.3) is 0 Å². The van der Waals surface area contributed by atoms with Crippen LogP contribution in [0.15, 0.2) is 24.4 Å². The van der Waals surface area contributed by atoms with Crippen molar-refractivity contribution in [3.63, 3.8) is 0 Å². The van der Waals surface area contributed by atoms with Gasteiger partial charge in [0.25, 0.3) is 5.91 Å².